The molecule has 0 aliphatic heterocycles. The molecule has 0 amide bonds. The second kappa shape index (κ2) is 6.30. The summed E-state index contributed by atoms with van der Waals surface area (Å²) in [6, 6.07) is 13.0. The van der Waals surface area contributed by atoms with E-state index in [0.29, 0.717) is 17.2 Å². The number of hydrogen-bond acceptors (Lipinski definition) is 4. The Kier molecular flexibility index (Phi) is 4.48. The molecule has 0 spiro atoms. The number of rotatable bonds is 5. The minimum atomic E-state index is -0.0984. The minimum Gasteiger partial charge on any atom is -0.496 e. The van der Waals surface area contributed by atoms with Crippen LogP contribution in [-0.2, 0) is 0 Å². The number of benzene rings is 2. The van der Waals surface area contributed by atoms with Crippen LogP contribution >= 0.6 is 0 Å². The molecule has 0 saturated carbocycles. The van der Waals surface area contributed by atoms with Crippen LogP contribution in [0.3, 0.4) is 0 Å². The van der Waals surface area contributed by atoms with E-state index in [1.165, 1.54) is 0 Å². The fourth-order valence-corrected chi connectivity index (χ4v) is 1.92. The molecule has 0 fully saturated rings. The van der Waals surface area contributed by atoms with E-state index in [2.05, 4.69) is 0 Å². The summed E-state index contributed by atoms with van der Waals surface area (Å²) in [5.41, 5.74) is 6.90. The van der Waals surface area contributed by atoms with Crippen molar-refractivity contribution in [3.8, 4) is 23.0 Å². The molecule has 2 aromatic carbocycles. The molecule has 4 nitrogen and oxygen atoms in total. The fourth-order valence-electron chi connectivity index (χ4n) is 1.92. The Balaban J connectivity index is 2.34. The van der Waals surface area contributed by atoms with Crippen LogP contribution in [-0.4, -0.2) is 14.2 Å². The van der Waals surface area contributed by atoms with Crippen molar-refractivity contribution >= 4 is 0 Å². The molecule has 0 saturated heterocycles. The van der Waals surface area contributed by atoms with E-state index < -0.39 is 0 Å². The van der Waals surface area contributed by atoms with Gasteiger partial charge in [-0.15, -0.1) is 0 Å². The number of ether oxygens (including phenoxy) is 3. The lowest BCUT2D eigenvalue weighted by molar-refractivity contribution is 0.386. The lowest BCUT2D eigenvalue weighted by Gasteiger charge is -2.14. The quantitative estimate of drug-likeness (QED) is 0.905. The molecule has 0 aromatic heterocycles. The predicted octanol–water partition coefficient (Wildman–Crippen LogP) is 3.52. The summed E-state index contributed by atoms with van der Waals surface area (Å²) in [5, 5.41) is 0. The maximum Gasteiger partial charge on any atom is 0.134 e. The zero-order chi connectivity index (χ0) is 14.5. The van der Waals surface area contributed by atoms with Crippen molar-refractivity contribution < 1.29 is 14.2 Å². The standard InChI is InChI=1S/C16H19NO3/c1-11(17)15-6-4-5-7-16(15)20-14-9-12(18-2)8-13(10-14)19-3/h4-11H,17H2,1-3H3/t11-/m1/s1. The Labute approximate surface area is 119 Å². The zero-order valence-corrected chi connectivity index (χ0v) is 11.9. The van der Waals surface area contributed by atoms with Gasteiger partial charge < -0.3 is 19.9 Å². The summed E-state index contributed by atoms with van der Waals surface area (Å²) in [7, 11) is 3.21. The third-order valence-corrected chi connectivity index (χ3v) is 2.96. The van der Waals surface area contributed by atoms with Crippen molar-refractivity contribution in [1.29, 1.82) is 0 Å². The second-order valence-electron chi connectivity index (χ2n) is 4.48. The average Bonchev–Trinajstić information content (AvgIpc) is 2.47. The first kappa shape index (κ1) is 14.2. The Morgan fingerprint density at radius 3 is 2.00 bits per heavy atom. The highest BCUT2D eigenvalue weighted by atomic mass is 16.5. The summed E-state index contributed by atoms with van der Waals surface area (Å²) in [5.74, 6) is 2.74. The van der Waals surface area contributed by atoms with Gasteiger partial charge >= 0.3 is 0 Å². The molecule has 0 radical (unpaired) electrons. The van der Waals surface area contributed by atoms with Gasteiger partial charge in [0.1, 0.15) is 23.0 Å². The molecular weight excluding hydrogens is 254 g/mol. The summed E-state index contributed by atoms with van der Waals surface area (Å²) in [4.78, 5) is 0. The van der Waals surface area contributed by atoms with E-state index in [9.17, 15) is 0 Å². The third kappa shape index (κ3) is 3.22. The van der Waals surface area contributed by atoms with E-state index in [0.717, 1.165) is 11.3 Å². The molecule has 0 aliphatic carbocycles. The second-order valence-corrected chi connectivity index (χ2v) is 4.48. The summed E-state index contributed by atoms with van der Waals surface area (Å²) in [6.45, 7) is 1.92. The highest BCUT2D eigenvalue weighted by Crippen LogP contribution is 2.33. The average molecular weight is 273 g/mol. The normalized spacial score (nSPS) is 11.8. The molecule has 2 aromatic rings. The minimum absolute atomic E-state index is 0.0984. The van der Waals surface area contributed by atoms with Crippen molar-refractivity contribution in [3.63, 3.8) is 0 Å². The monoisotopic (exact) mass is 273 g/mol. The highest BCUT2D eigenvalue weighted by Gasteiger charge is 2.10. The van der Waals surface area contributed by atoms with Crippen LogP contribution in [0.15, 0.2) is 42.5 Å². The molecule has 0 heterocycles. The van der Waals surface area contributed by atoms with Gasteiger partial charge in [0.05, 0.1) is 14.2 Å². The van der Waals surface area contributed by atoms with Crippen molar-refractivity contribution in [1.82, 2.24) is 0 Å². The van der Waals surface area contributed by atoms with Crippen molar-refractivity contribution in [2.75, 3.05) is 14.2 Å². The maximum absolute atomic E-state index is 5.95. The van der Waals surface area contributed by atoms with Gasteiger partial charge in [0.2, 0.25) is 0 Å². The number of methoxy groups -OCH3 is 2. The third-order valence-electron chi connectivity index (χ3n) is 2.96. The van der Waals surface area contributed by atoms with Gasteiger partial charge in [-0.2, -0.15) is 0 Å². The van der Waals surface area contributed by atoms with Crippen LogP contribution in [0.4, 0.5) is 0 Å². The molecule has 20 heavy (non-hydrogen) atoms. The van der Waals surface area contributed by atoms with Gasteiger partial charge in [0.25, 0.3) is 0 Å². The molecule has 106 valence electrons. The smallest absolute Gasteiger partial charge is 0.134 e. The van der Waals surface area contributed by atoms with E-state index in [1.54, 1.807) is 32.4 Å². The molecule has 0 aliphatic rings. The van der Waals surface area contributed by atoms with E-state index in [4.69, 9.17) is 19.9 Å². The molecular formula is C16H19NO3. The van der Waals surface area contributed by atoms with Crippen LogP contribution in [0.5, 0.6) is 23.0 Å². The van der Waals surface area contributed by atoms with Crippen molar-refractivity contribution in [2.45, 2.75) is 13.0 Å². The summed E-state index contributed by atoms with van der Waals surface area (Å²) >= 11 is 0. The number of nitrogens with two attached hydrogens (primary N) is 1. The van der Waals surface area contributed by atoms with Crippen molar-refractivity contribution in [3.05, 3.63) is 48.0 Å². The van der Waals surface area contributed by atoms with Crippen LogP contribution in [0, 0.1) is 0 Å². The SMILES string of the molecule is COc1cc(OC)cc(Oc2ccccc2[C@@H](C)N)c1. The van der Waals surface area contributed by atoms with Crippen LogP contribution in [0.25, 0.3) is 0 Å². The molecule has 1 atom stereocenters. The molecule has 2 N–H and O–H groups in total. The maximum atomic E-state index is 5.95. The van der Waals surface area contributed by atoms with Crippen LogP contribution < -0.4 is 19.9 Å². The van der Waals surface area contributed by atoms with Gasteiger partial charge in [0, 0.05) is 29.8 Å². The van der Waals surface area contributed by atoms with Crippen LogP contribution in [0.2, 0.25) is 0 Å². The Morgan fingerprint density at radius 2 is 1.45 bits per heavy atom. The van der Waals surface area contributed by atoms with E-state index in [-0.39, 0.29) is 6.04 Å². The largest absolute Gasteiger partial charge is 0.496 e. The zero-order valence-electron chi connectivity index (χ0n) is 11.9. The first-order valence-electron chi connectivity index (χ1n) is 6.39. The fraction of sp³-hybridized carbons (Fsp3) is 0.250. The van der Waals surface area contributed by atoms with Gasteiger partial charge in [-0.05, 0) is 13.0 Å². The van der Waals surface area contributed by atoms with Crippen LogP contribution in [0.1, 0.15) is 18.5 Å². The number of para-hydroxylation sites is 1. The summed E-state index contributed by atoms with van der Waals surface area (Å²) in [6.07, 6.45) is 0. The molecule has 2 rings (SSSR count). The Morgan fingerprint density at radius 1 is 0.900 bits per heavy atom. The van der Waals surface area contributed by atoms with E-state index in [1.807, 2.05) is 31.2 Å². The van der Waals surface area contributed by atoms with Gasteiger partial charge in [0.15, 0.2) is 0 Å². The van der Waals surface area contributed by atoms with E-state index >= 15 is 0 Å². The first-order valence-corrected chi connectivity index (χ1v) is 6.39. The van der Waals surface area contributed by atoms with Gasteiger partial charge in [-0.25, -0.2) is 0 Å². The highest BCUT2D eigenvalue weighted by molar-refractivity contribution is 5.45. The Hall–Kier alpha value is -2.20. The lowest BCUT2D eigenvalue weighted by atomic mass is 10.1. The van der Waals surface area contributed by atoms with Gasteiger partial charge in [-0.1, -0.05) is 18.2 Å². The lowest BCUT2D eigenvalue weighted by Crippen LogP contribution is -2.06. The summed E-state index contributed by atoms with van der Waals surface area (Å²) < 4.78 is 16.4. The predicted molar refractivity (Wildman–Crippen MR) is 78.7 cm³/mol. The Bertz CT molecular complexity index is 559. The van der Waals surface area contributed by atoms with Gasteiger partial charge in [-0.3, -0.25) is 0 Å². The topological polar surface area (TPSA) is 53.7 Å². The molecule has 0 unspecified atom stereocenters. The van der Waals surface area contributed by atoms with Crippen molar-refractivity contribution in [2.24, 2.45) is 5.73 Å². The molecule has 0 bridgehead atoms. The number of hydrogen-bond donors (Lipinski definition) is 1. The first-order chi connectivity index (χ1) is 9.63. The molecule has 4 heteroatoms.